The second-order valence-electron chi connectivity index (χ2n) is 6.73. The Labute approximate surface area is 145 Å². The molecule has 0 bridgehead atoms. The van der Waals surface area contributed by atoms with Gasteiger partial charge in [-0.3, -0.25) is 9.88 Å². The molecule has 1 aliphatic heterocycles. The van der Waals surface area contributed by atoms with Crippen molar-refractivity contribution in [3.63, 3.8) is 0 Å². The summed E-state index contributed by atoms with van der Waals surface area (Å²) < 4.78 is 0. The summed E-state index contributed by atoms with van der Waals surface area (Å²) in [5.74, 6) is 0. The highest BCUT2D eigenvalue weighted by Crippen LogP contribution is 2.19. The second-order valence-corrected chi connectivity index (χ2v) is 6.73. The molecule has 1 aromatic carbocycles. The molecule has 1 fully saturated rings. The molecule has 2 N–H and O–H groups in total. The van der Waals surface area contributed by atoms with Gasteiger partial charge in [0.05, 0.1) is 0 Å². The van der Waals surface area contributed by atoms with Crippen LogP contribution < -0.4 is 10.6 Å². The number of nitrogens with zero attached hydrogens (tertiary/aromatic N) is 3. The van der Waals surface area contributed by atoms with E-state index in [1.165, 1.54) is 16.8 Å². The maximum Gasteiger partial charge on any atom is 0.0403 e. The zero-order valence-corrected chi connectivity index (χ0v) is 14.8. The molecule has 0 unspecified atom stereocenters. The molecule has 0 atom stereocenters. The topological polar surface area (TPSA) is 45.4 Å². The third-order valence-electron chi connectivity index (χ3n) is 4.67. The van der Waals surface area contributed by atoms with Crippen LogP contribution in [0.15, 0.2) is 36.4 Å². The molecule has 4 heteroatoms. The fourth-order valence-corrected chi connectivity index (χ4v) is 3.40. The van der Waals surface area contributed by atoms with E-state index in [0.29, 0.717) is 0 Å². The summed E-state index contributed by atoms with van der Waals surface area (Å²) in [7, 11) is 0. The second kappa shape index (κ2) is 7.77. The van der Waals surface area contributed by atoms with Crippen LogP contribution in [0.2, 0.25) is 0 Å². The van der Waals surface area contributed by atoms with Crippen molar-refractivity contribution < 1.29 is 0 Å². The van der Waals surface area contributed by atoms with Crippen molar-refractivity contribution in [1.29, 1.82) is 0 Å². The fraction of sp³-hybridized carbons (Fsp3) is 0.450. The molecular formula is C20H28N4. The SMILES string of the molecule is Cc1cc(N2CCN(Cc3ccc(CCN)cc3)CC2)cc(C)n1. The third kappa shape index (κ3) is 4.34. The summed E-state index contributed by atoms with van der Waals surface area (Å²) in [6.45, 7) is 10.3. The molecule has 4 nitrogen and oxygen atoms in total. The molecule has 3 rings (SSSR count). The lowest BCUT2D eigenvalue weighted by molar-refractivity contribution is 0.250. The molecule has 1 saturated heterocycles. The summed E-state index contributed by atoms with van der Waals surface area (Å²) in [5.41, 5.74) is 11.8. The quantitative estimate of drug-likeness (QED) is 0.918. The zero-order valence-electron chi connectivity index (χ0n) is 14.8. The predicted molar refractivity (Wildman–Crippen MR) is 100 cm³/mol. The smallest absolute Gasteiger partial charge is 0.0403 e. The van der Waals surface area contributed by atoms with Crippen LogP contribution in [0, 0.1) is 13.8 Å². The van der Waals surface area contributed by atoms with Crippen molar-refractivity contribution >= 4 is 5.69 Å². The van der Waals surface area contributed by atoms with Crippen LogP contribution in [0.1, 0.15) is 22.5 Å². The van der Waals surface area contributed by atoms with E-state index in [-0.39, 0.29) is 0 Å². The summed E-state index contributed by atoms with van der Waals surface area (Å²) in [6.07, 6.45) is 0.962. The number of aromatic nitrogens is 1. The Hall–Kier alpha value is -1.91. The number of pyridine rings is 1. The number of aryl methyl sites for hydroxylation is 2. The van der Waals surface area contributed by atoms with Crippen LogP contribution >= 0.6 is 0 Å². The average molecular weight is 324 g/mol. The molecule has 0 amide bonds. The van der Waals surface area contributed by atoms with Gasteiger partial charge in [0.25, 0.3) is 0 Å². The number of piperazine rings is 1. The van der Waals surface area contributed by atoms with Crippen LogP contribution in [-0.2, 0) is 13.0 Å². The lowest BCUT2D eigenvalue weighted by Crippen LogP contribution is -2.46. The Balaban J connectivity index is 1.55. The van der Waals surface area contributed by atoms with E-state index in [1.54, 1.807) is 0 Å². The molecule has 1 aromatic heterocycles. The molecule has 0 saturated carbocycles. The molecule has 128 valence electrons. The third-order valence-corrected chi connectivity index (χ3v) is 4.67. The van der Waals surface area contributed by atoms with Crippen LogP contribution in [-0.4, -0.2) is 42.6 Å². The lowest BCUT2D eigenvalue weighted by atomic mass is 10.1. The van der Waals surface area contributed by atoms with Gasteiger partial charge in [0.15, 0.2) is 0 Å². The molecule has 2 aromatic rings. The van der Waals surface area contributed by atoms with E-state index in [1.807, 2.05) is 0 Å². The van der Waals surface area contributed by atoms with Crippen molar-refractivity contribution in [1.82, 2.24) is 9.88 Å². The van der Waals surface area contributed by atoms with Gasteiger partial charge in [-0.15, -0.1) is 0 Å². The molecule has 0 spiro atoms. The van der Waals surface area contributed by atoms with Crippen LogP contribution in [0.3, 0.4) is 0 Å². The number of nitrogens with two attached hydrogens (primary N) is 1. The Morgan fingerprint density at radius 2 is 1.50 bits per heavy atom. The van der Waals surface area contributed by atoms with Crippen LogP contribution in [0.25, 0.3) is 0 Å². The maximum absolute atomic E-state index is 5.61. The van der Waals surface area contributed by atoms with E-state index >= 15 is 0 Å². The normalized spacial score (nSPS) is 15.7. The molecule has 24 heavy (non-hydrogen) atoms. The zero-order chi connectivity index (χ0) is 16.9. The number of hydrogen-bond acceptors (Lipinski definition) is 4. The molecule has 2 heterocycles. The van der Waals surface area contributed by atoms with Crippen molar-refractivity contribution in [2.75, 3.05) is 37.6 Å². The molecule has 1 aliphatic rings. The lowest BCUT2D eigenvalue weighted by Gasteiger charge is -2.36. The first-order chi connectivity index (χ1) is 11.6. The van der Waals surface area contributed by atoms with Gasteiger partial charge in [0.2, 0.25) is 0 Å². The number of hydrogen-bond donors (Lipinski definition) is 1. The Bertz CT molecular complexity index is 638. The highest BCUT2D eigenvalue weighted by Gasteiger charge is 2.17. The fourth-order valence-electron chi connectivity index (χ4n) is 3.40. The van der Waals surface area contributed by atoms with Crippen LogP contribution in [0.5, 0.6) is 0 Å². The number of benzene rings is 1. The van der Waals surface area contributed by atoms with Gasteiger partial charge >= 0.3 is 0 Å². The first-order valence-corrected chi connectivity index (χ1v) is 8.84. The van der Waals surface area contributed by atoms with Crippen molar-refractivity contribution in [2.45, 2.75) is 26.8 Å². The standard InChI is InChI=1S/C20H28N4/c1-16-13-20(14-17(2)22-16)24-11-9-23(10-12-24)15-19-5-3-18(4-6-19)7-8-21/h3-6,13-14H,7-12,15,21H2,1-2H3. The minimum absolute atomic E-state index is 0.718. The summed E-state index contributed by atoms with van der Waals surface area (Å²) in [6, 6.07) is 13.3. The highest BCUT2D eigenvalue weighted by atomic mass is 15.3. The minimum Gasteiger partial charge on any atom is -0.369 e. The van der Waals surface area contributed by atoms with Gasteiger partial charge in [-0.05, 0) is 50.1 Å². The van der Waals surface area contributed by atoms with Gasteiger partial charge in [0, 0.05) is 49.8 Å². The maximum atomic E-state index is 5.61. The van der Waals surface area contributed by atoms with Crippen LogP contribution in [0.4, 0.5) is 5.69 Å². The van der Waals surface area contributed by atoms with E-state index in [2.05, 4.69) is 65.0 Å². The average Bonchev–Trinajstić information content (AvgIpc) is 2.57. The van der Waals surface area contributed by atoms with E-state index < -0.39 is 0 Å². The Morgan fingerprint density at radius 1 is 0.917 bits per heavy atom. The molecule has 0 aliphatic carbocycles. The Morgan fingerprint density at radius 3 is 2.08 bits per heavy atom. The molecule has 0 radical (unpaired) electrons. The first-order valence-electron chi connectivity index (χ1n) is 8.84. The van der Waals surface area contributed by atoms with Gasteiger partial charge < -0.3 is 10.6 Å². The molecular weight excluding hydrogens is 296 g/mol. The van der Waals surface area contributed by atoms with Gasteiger partial charge in [-0.1, -0.05) is 24.3 Å². The van der Waals surface area contributed by atoms with Gasteiger partial charge in [-0.25, -0.2) is 0 Å². The largest absolute Gasteiger partial charge is 0.369 e. The van der Waals surface area contributed by atoms with Crippen molar-refractivity contribution in [3.05, 3.63) is 58.9 Å². The van der Waals surface area contributed by atoms with Crippen molar-refractivity contribution in [2.24, 2.45) is 5.73 Å². The minimum atomic E-state index is 0.718. The summed E-state index contributed by atoms with van der Waals surface area (Å²) in [5, 5.41) is 0. The predicted octanol–water partition coefficient (Wildman–Crippen LogP) is 2.52. The highest BCUT2D eigenvalue weighted by molar-refractivity contribution is 5.48. The number of anilines is 1. The van der Waals surface area contributed by atoms with Gasteiger partial charge in [0.1, 0.15) is 0 Å². The summed E-state index contributed by atoms with van der Waals surface area (Å²) in [4.78, 5) is 9.49. The van der Waals surface area contributed by atoms with Gasteiger partial charge in [-0.2, -0.15) is 0 Å². The van der Waals surface area contributed by atoms with Crippen molar-refractivity contribution in [3.8, 4) is 0 Å². The monoisotopic (exact) mass is 324 g/mol. The Kier molecular flexibility index (Phi) is 5.48. The summed E-state index contributed by atoms with van der Waals surface area (Å²) >= 11 is 0. The first kappa shape index (κ1) is 16.9. The van der Waals surface area contributed by atoms with E-state index in [4.69, 9.17) is 5.73 Å². The van der Waals surface area contributed by atoms with E-state index in [0.717, 1.165) is 57.1 Å². The van der Waals surface area contributed by atoms with E-state index in [9.17, 15) is 0 Å². The number of rotatable bonds is 5.